The lowest BCUT2D eigenvalue weighted by Crippen LogP contribution is -2.44. The number of anilines is 1. The van der Waals surface area contributed by atoms with Gasteiger partial charge in [-0.25, -0.2) is 0 Å². The van der Waals surface area contributed by atoms with Gasteiger partial charge in [0.25, 0.3) is 0 Å². The number of hydrogen-bond acceptors (Lipinski definition) is 3. The highest BCUT2D eigenvalue weighted by Gasteiger charge is 2.26. The smallest absolute Gasteiger partial charge is 0.241 e. The molecule has 1 aliphatic heterocycles. The van der Waals surface area contributed by atoms with Crippen molar-refractivity contribution in [2.45, 2.75) is 39.8 Å². The molecule has 1 aromatic carbocycles. The van der Waals surface area contributed by atoms with Crippen molar-refractivity contribution in [3.63, 3.8) is 0 Å². The zero-order valence-electron chi connectivity index (χ0n) is 13.3. The minimum absolute atomic E-state index is 0.0763. The van der Waals surface area contributed by atoms with E-state index in [1.54, 1.807) is 0 Å². The van der Waals surface area contributed by atoms with Gasteiger partial charge in [-0.1, -0.05) is 12.1 Å². The monoisotopic (exact) mass is 314 g/mol. The molecule has 0 saturated heterocycles. The van der Waals surface area contributed by atoms with Gasteiger partial charge >= 0.3 is 0 Å². The fourth-order valence-corrected chi connectivity index (χ4v) is 3.76. The fraction of sp³-hybridized carbons (Fsp3) is 0.389. The van der Waals surface area contributed by atoms with E-state index in [4.69, 9.17) is 0 Å². The van der Waals surface area contributed by atoms with E-state index in [9.17, 15) is 4.79 Å². The third-order valence-corrected chi connectivity index (χ3v) is 5.44. The quantitative estimate of drug-likeness (QED) is 0.936. The van der Waals surface area contributed by atoms with Crippen LogP contribution in [0.2, 0.25) is 0 Å². The first kappa shape index (κ1) is 15.3. The van der Waals surface area contributed by atoms with Gasteiger partial charge in [0.2, 0.25) is 5.91 Å². The van der Waals surface area contributed by atoms with E-state index in [1.807, 2.05) is 44.2 Å². The molecule has 0 bridgehead atoms. The van der Waals surface area contributed by atoms with Gasteiger partial charge < -0.3 is 5.32 Å². The minimum atomic E-state index is -0.118. The fourth-order valence-electron chi connectivity index (χ4n) is 2.87. The highest BCUT2D eigenvalue weighted by atomic mass is 32.1. The second kappa shape index (κ2) is 6.23. The maximum Gasteiger partial charge on any atom is 0.241 e. The second-order valence-electron chi connectivity index (χ2n) is 6.07. The average Bonchev–Trinajstić information content (AvgIpc) is 2.97. The Hall–Kier alpha value is -1.65. The van der Waals surface area contributed by atoms with Crippen molar-refractivity contribution in [2.75, 3.05) is 11.9 Å². The summed E-state index contributed by atoms with van der Waals surface area (Å²) >= 11 is 1.83. The molecular weight excluding hydrogens is 292 g/mol. The molecule has 0 fully saturated rings. The van der Waals surface area contributed by atoms with Crippen molar-refractivity contribution in [3.8, 4) is 0 Å². The molecule has 22 heavy (non-hydrogen) atoms. The van der Waals surface area contributed by atoms with Crippen LogP contribution >= 0.6 is 11.3 Å². The van der Waals surface area contributed by atoms with E-state index in [-0.39, 0.29) is 11.9 Å². The molecule has 0 unspecified atom stereocenters. The summed E-state index contributed by atoms with van der Waals surface area (Å²) in [7, 11) is 0. The summed E-state index contributed by atoms with van der Waals surface area (Å²) in [6, 6.07) is 8.22. The number of benzene rings is 1. The first-order chi connectivity index (χ1) is 10.5. The molecule has 1 N–H and O–H groups in total. The molecule has 2 aromatic rings. The summed E-state index contributed by atoms with van der Waals surface area (Å²) in [5.74, 6) is 0.0763. The Morgan fingerprint density at radius 1 is 1.32 bits per heavy atom. The zero-order chi connectivity index (χ0) is 15.7. The van der Waals surface area contributed by atoms with Gasteiger partial charge in [-0.05, 0) is 61.4 Å². The normalized spacial score (nSPS) is 16.1. The largest absolute Gasteiger partial charge is 0.324 e. The lowest BCUT2D eigenvalue weighted by Gasteiger charge is -2.31. The molecule has 4 heteroatoms. The lowest BCUT2D eigenvalue weighted by molar-refractivity contribution is -0.121. The van der Waals surface area contributed by atoms with Gasteiger partial charge in [0.05, 0.1) is 6.04 Å². The van der Waals surface area contributed by atoms with Crippen LogP contribution in [-0.4, -0.2) is 23.4 Å². The van der Waals surface area contributed by atoms with E-state index >= 15 is 0 Å². The summed E-state index contributed by atoms with van der Waals surface area (Å²) in [6.45, 7) is 7.90. The molecule has 1 aromatic heterocycles. The van der Waals surface area contributed by atoms with Crippen molar-refractivity contribution in [1.82, 2.24) is 4.90 Å². The van der Waals surface area contributed by atoms with E-state index in [2.05, 4.69) is 27.7 Å². The SMILES string of the molecule is Cc1ccc(C)c(NC(=O)[C@@H](C)N2CCc3sccc3C2)c1. The number of thiophene rings is 1. The predicted molar refractivity (Wildman–Crippen MR) is 92.4 cm³/mol. The number of amides is 1. The van der Waals surface area contributed by atoms with Crippen LogP contribution in [0.4, 0.5) is 5.69 Å². The van der Waals surface area contributed by atoms with Gasteiger partial charge in [-0.15, -0.1) is 11.3 Å². The molecule has 116 valence electrons. The number of rotatable bonds is 3. The zero-order valence-corrected chi connectivity index (χ0v) is 14.2. The number of nitrogens with one attached hydrogen (secondary N) is 1. The van der Waals surface area contributed by atoms with Crippen LogP contribution in [0.5, 0.6) is 0 Å². The van der Waals surface area contributed by atoms with E-state index in [0.717, 1.165) is 36.3 Å². The number of nitrogens with zero attached hydrogens (tertiary/aromatic N) is 1. The number of fused-ring (bicyclic) bond motifs is 1. The van der Waals surface area contributed by atoms with Gasteiger partial charge in [-0.2, -0.15) is 0 Å². The molecule has 0 saturated carbocycles. The summed E-state index contributed by atoms with van der Waals surface area (Å²) in [6.07, 6.45) is 1.05. The highest BCUT2D eigenvalue weighted by Crippen LogP contribution is 2.25. The Morgan fingerprint density at radius 2 is 2.14 bits per heavy atom. The molecule has 1 amide bonds. The van der Waals surface area contributed by atoms with Crippen molar-refractivity contribution in [3.05, 3.63) is 51.2 Å². The van der Waals surface area contributed by atoms with Crippen LogP contribution < -0.4 is 5.32 Å². The third kappa shape index (κ3) is 3.08. The Balaban J connectivity index is 1.69. The van der Waals surface area contributed by atoms with E-state index in [1.165, 1.54) is 10.4 Å². The Kier molecular flexibility index (Phi) is 4.32. The van der Waals surface area contributed by atoms with Crippen LogP contribution in [0.3, 0.4) is 0 Å². The van der Waals surface area contributed by atoms with Gasteiger partial charge in [-0.3, -0.25) is 9.69 Å². The minimum Gasteiger partial charge on any atom is -0.324 e. The number of hydrogen-bond donors (Lipinski definition) is 1. The first-order valence-electron chi connectivity index (χ1n) is 7.72. The predicted octanol–water partition coefficient (Wildman–Crippen LogP) is 3.75. The molecule has 3 rings (SSSR count). The van der Waals surface area contributed by atoms with E-state index in [0.29, 0.717) is 0 Å². The third-order valence-electron chi connectivity index (χ3n) is 4.42. The lowest BCUT2D eigenvalue weighted by atomic mass is 10.1. The topological polar surface area (TPSA) is 32.3 Å². The molecule has 0 radical (unpaired) electrons. The Morgan fingerprint density at radius 3 is 2.95 bits per heavy atom. The number of aryl methyl sites for hydroxylation is 2. The first-order valence-corrected chi connectivity index (χ1v) is 8.60. The standard InChI is InChI=1S/C18H22N2OS/c1-12-4-5-13(2)16(10-12)19-18(21)14(3)20-8-6-17-15(11-20)7-9-22-17/h4-5,7,9-10,14H,6,8,11H2,1-3H3,(H,19,21)/t14-/m1/s1. The average molecular weight is 314 g/mol. The molecule has 0 spiro atoms. The van der Waals surface area contributed by atoms with Crippen molar-refractivity contribution in [1.29, 1.82) is 0 Å². The summed E-state index contributed by atoms with van der Waals surface area (Å²) in [5.41, 5.74) is 4.56. The molecule has 0 aliphatic carbocycles. The number of carbonyl (C=O) groups excluding carboxylic acids is 1. The summed E-state index contributed by atoms with van der Waals surface area (Å²) in [5, 5.41) is 5.24. The summed E-state index contributed by atoms with van der Waals surface area (Å²) in [4.78, 5) is 16.3. The molecule has 2 heterocycles. The van der Waals surface area contributed by atoms with Crippen LogP contribution in [0.1, 0.15) is 28.5 Å². The molecule has 3 nitrogen and oxygen atoms in total. The van der Waals surface area contributed by atoms with Crippen molar-refractivity contribution < 1.29 is 4.79 Å². The Labute approximate surface area is 136 Å². The maximum atomic E-state index is 12.6. The highest BCUT2D eigenvalue weighted by molar-refractivity contribution is 7.10. The molecule has 1 aliphatic rings. The second-order valence-corrected chi connectivity index (χ2v) is 7.07. The van der Waals surface area contributed by atoms with E-state index < -0.39 is 0 Å². The van der Waals surface area contributed by atoms with Gasteiger partial charge in [0.15, 0.2) is 0 Å². The van der Waals surface area contributed by atoms with Crippen LogP contribution in [0, 0.1) is 13.8 Å². The van der Waals surface area contributed by atoms with Gasteiger partial charge in [0.1, 0.15) is 0 Å². The van der Waals surface area contributed by atoms with Crippen LogP contribution in [0.25, 0.3) is 0 Å². The van der Waals surface area contributed by atoms with Gasteiger partial charge in [0, 0.05) is 23.7 Å². The summed E-state index contributed by atoms with van der Waals surface area (Å²) < 4.78 is 0. The molecule has 1 atom stereocenters. The van der Waals surface area contributed by atoms with Crippen molar-refractivity contribution >= 4 is 22.9 Å². The molecular formula is C18H22N2OS. The van der Waals surface area contributed by atoms with Crippen molar-refractivity contribution in [2.24, 2.45) is 0 Å². The van der Waals surface area contributed by atoms with Crippen LogP contribution in [0.15, 0.2) is 29.6 Å². The maximum absolute atomic E-state index is 12.6. The Bertz CT molecular complexity index is 692. The number of carbonyl (C=O) groups is 1. The van der Waals surface area contributed by atoms with Crippen LogP contribution in [-0.2, 0) is 17.8 Å².